The average molecular weight is 342 g/mol. The predicted octanol–water partition coefficient (Wildman–Crippen LogP) is 4.02. The highest BCUT2D eigenvalue weighted by atomic mass is 35.5. The van der Waals surface area contributed by atoms with Crippen LogP contribution >= 0.6 is 23.2 Å². The van der Waals surface area contributed by atoms with Gasteiger partial charge in [-0.25, -0.2) is 10.2 Å². The number of nitrogens with one attached hydrogen (secondary N) is 2. The topological polar surface area (TPSA) is 93.5 Å². The largest absolute Gasteiger partial charge is 0.431 e. The average Bonchev–Trinajstić information content (AvgIpc) is 2.49. The number of amides is 1. The van der Waals surface area contributed by atoms with Crippen LogP contribution in [0.3, 0.4) is 0 Å². The first-order chi connectivity index (χ1) is 10.5. The summed E-state index contributed by atoms with van der Waals surface area (Å²) in [4.78, 5) is 21.5. The van der Waals surface area contributed by atoms with E-state index in [-0.39, 0.29) is 11.4 Å². The van der Waals surface area contributed by atoms with Gasteiger partial charge in [0.2, 0.25) is 0 Å². The van der Waals surface area contributed by atoms with Gasteiger partial charge in [-0.1, -0.05) is 23.2 Å². The summed E-state index contributed by atoms with van der Waals surface area (Å²) in [5.41, 5.74) is 5.28. The normalized spacial score (nSPS) is 9.91. The molecular formula is C13H9Cl2N3O4. The SMILES string of the molecule is O=C(NNc1ccc(Cl)c(Cl)c1)Oc1ccc([N+](=O)[O-])cc1. The fourth-order valence-corrected chi connectivity index (χ4v) is 1.76. The molecule has 0 aliphatic heterocycles. The van der Waals surface area contributed by atoms with E-state index >= 15 is 0 Å². The zero-order chi connectivity index (χ0) is 16.1. The molecule has 0 bridgehead atoms. The molecule has 0 atom stereocenters. The summed E-state index contributed by atoms with van der Waals surface area (Å²) >= 11 is 11.6. The Labute approximate surface area is 134 Å². The molecule has 2 N–H and O–H groups in total. The Balaban J connectivity index is 1.89. The van der Waals surface area contributed by atoms with Crippen LogP contribution in [0.4, 0.5) is 16.2 Å². The molecule has 9 heteroatoms. The molecule has 1 amide bonds. The smallest absolute Gasteiger partial charge is 0.409 e. The summed E-state index contributed by atoms with van der Waals surface area (Å²) in [6.07, 6.45) is -0.792. The van der Waals surface area contributed by atoms with Gasteiger partial charge in [0, 0.05) is 12.1 Å². The number of carbonyl (C=O) groups excluding carboxylic acids is 1. The quantitative estimate of drug-likeness (QED) is 0.647. The molecule has 2 aromatic carbocycles. The van der Waals surface area contributed by atoms with Crippen LogP contribution in [0.25, 0.3) is 0 Å². The van der Waals surface area contributed by atoms with E-state index in [0.717, 1.165) is 0 Å². The van der Waals surface area contributed by atoms with Crippen LogP contribution < -0.4 is 15.6 Å². The van der Waals surface area contributed by atoms with Crippen molar-refractivity contribution < 1.29 is 14.5 Å². The number of ether oxygens (including phenoxy) is 1. The zero-order valence-corrected chi connectivity index (χ0v) is 12.4. The lowest BCUT2D eigenvalue weighted by molar-refractivity contribution is -0.384. The fourth-order valence-electron chi connectivity index (χ4n) is 1.47. The van der Waals surface area contributed by atoms with Crippen LogP contribution in [0.5, 0.6) is 5.75 Å². The van der Waals surface area contributed by atoms with Crippen LogP contribution in [-0.4, -0.2) is 11.0 Å². The van der Waals surface area contributed by atoms with E-state index in [4.69, 9.17) is 27.9 Å². The molecule has 0 unspecified atom stereocenters. The second-order valence-corrected chi connectivity index (χ2v) is 4.83. The number of anilines is 1. The number of nitrogens with zero attached hydrogens (tertiary/aromatic N) is 1. The summed E-state index contributed by atoms with van der Waals surface area (Å²) in [5.74, 6) is 0.166. The maximum absolute atomic E-state index is 11.6. The predicted molar refractivity (Wildman–Crippen MR) is 82.3 cm³/mol. The van der Waals surface area contributed by atoms with Gasteiger partial charge in [-0.05, 0) is 30.3 Å². The number of carbonyl (C=O) groups is 1. The number of nitro groups is 1. The van der Waals surface area contributed by atoms with Crippen molar-refractivity contribution in [2.45, 2.75) is 0 Å². The number of hydrogen-bond acceptors (Lipinski definition) is 5. The Morgan fingerprint density at radius 3 is 2.36 bits per heavy atom. The molecule has 0 spiro atoms. The monoisotopic (exact) mass is 341 g/mol. The molecule has 0 fully saturated rings. The van der Waals surface area contributed by atoms with E-state index in [0.29, 0.717) is 15.7 Å². The summed E-state index contributed by atoms with van der Waals surface area (Å²) in [5, 5.41) is 11.2. The highest BCUT2D eigenvalue weighted by Crippen LogP contribution is 2.24. The van der Waals surface area contributed by atoms with Gasteiger partial charge in [-0.2, -0.15) is 0 Å². The molecule has 0 saturated heterocycles. The third-order valence-corrected chi connectivity index (χ3v) is 3.23. The minimum Gasteiger partial charge on any atom is -0.409 e. The highest BCUT2D eigenvalue weighted by molar-refractivity contribution is 6.42. The molecule has 0 radical (unpaired) electrons. The Morgan fingerprint density at radius 2 is 1.77 bits per heavy atom. The van der Waals surface area contributed by atoms with Gasteiger partial charge in [0.25, 0.3) is 5.69 Å². The Hall–Kier alpha value is -2.51. The van der Waals surface area contributed by atoms with Gasteiger partial charge >= 0.3 is 6.09 Å². The first kappa shape index (κ1) is 15.9. The van der Waals surface area contributed by atoms with Gasteiger partial charge in [0.1, 0.15) is 5.75 Å². The van der Waals surface area contributed by atoms with Crippen molar-refractivity contribution in [2.75, 3.05) is 5.43 Å². The number of benzene rings is 2. The first-order valence-corrected chi connectivity index (χ1v) is 6.64. The zero-order valence-electron chi connectivity index (χ0n) is 10.9. The van der Waals surface area contributed by atoms with Crippen LogP contribution in [0.15, 0.2) is 42.5 Å². The number of nitro benzene ring substituents is 1. The third kappa shape index (κ3) is 4.24. The second kappa shape index (κ2) is 6.97. The minimum absolute atomic E-state index is 0.0957. The standard InChI is InChI=1S/C13H9Cl2N3O4/c14-11-6-1-8(7-12(11)15)16-17-13(19)22-10-4-2-9(3-5-10)18(20)21/h1-7,16H,(H,17,19). The first-order valence-electron chi connectivity index (χ1n) is 5.89. The van der Waals surface area contributed by atoms with Gasteiger partial charge in [-0.15, -0.1) is 0 Å². The maximum Gasteiger partial charge on any atom is 0.431 e. The molecule has 0 saturated carbocycles. The molecule has 22 heavy (non-hydrogen) atoms. The molecule has 2 rings (SSSR count). The molecule has 7 nitrogen and oxygen atoms in total. The highest BCUT2D eigenvalue weighted by Gasteiger charge is 2.08. The Morgan fingerprint density at radius 1 is 1.09 bits per heavy atom. The van der Waals surface area contributed by atoms with E-state index in [1.165, 1.54) is 30.3 Å². The van der Waals surface area contributed by atoms with Crippen LogP contribution in [0.1, 0.15) is 0 Å². The lowest BCUT2D eigenvalue weighted by Gasteiger charge is -2.09. The van der Waals surface area contributed by atoms with Crippen molar-refractivity contribution in [3.8, 4) is 5.75 Å². The van der Waals surface area contributed by atoms with Gasteiger partial charge in [-0.3, -0.25) is 15.5 Å². The van der Waals surface area contributed by atoms with E-state index in [1.807, 2.05) is 0 Å². The number of non-ortho nitro benzene ring substituents is 1. The summed E-state index contributed by atoms with van der Waals surface area (Å²) in [7, 11) is 0. The van der Waals surface area contributed by atoms with Crippen LogP contribution in [-0.2, 0) is 0 Å². The fraction of sp³-hybridized carbons (Fsp3) is 0. The van der Waals surface area contributed by atoms with Gasteiger partial charge in [0.05, 0.1) is 20.7 Å². The molecule has 114 valence electrons. The van der Waals surface area contributed by atoms with Crippen molar-refractivity contribution in [2.24, 2.45) is 0 Å². The summed E-state index contributed by atoms with van der Waals surface area (Å²) in [6.45, 7) is 0. The maximum atomic E-state index is 11.6. The molecule has 0 heterocycles. The van der Waals surface area contributed by atoms with E-state index in [9.17, 15) is 14.9 Å². The number of halogens is 2. The Bertz CT molecular complexity index is 707. The van der Waals surface area contributed by atoms with Gasteiger partial charge < -0.3 is 4.74 Å². The number of rotatable bonds is 4. The molecule has 0 aliphatic rings. The lowest BCUT2D eigenvalue weighted by Crippen LogP contribution is -2.32. The van der Waals surface area contributed by atoms with Crippen molar-refractivity contribution in [1.82, 2.24) is 5.43 Å². The van der Waals surface area contributed by atoms with E-state index in [1.54, 1.807) is 12.1 Å². The summed E-state index contributed by atoms with van der Waals surface area (Å²) in [6, 6.07) is 9.80. The van der Waals surface area contributed by atoms with Crippen molar-refractivity contribution >= 4 is 40.7 Å². The lowest BCUT2D eigenvalue weighted by atomic mass is 10.3. The van der Waals surface area contributed by atoms with Crippen LogP contribution in [0, 0.1) is 10.1 Å². The molecule has 0 aliphatic carbocycles. The Kier molecular flexibility index (Phi) is 5.03. The van der Waals surface area contributed by atoms with Crippen LogP contribution in [0.2, 0.25) is 10.0 Å². The van der Waals surface area contributed by atoms with Gasteiger partial charge in [0.15, 0.2) is 0 Å². The molecule has 0 aromatic heterocycles. The molecule has 2 aromatic rings. The third-order valence-electron chi connectivity index (χ3n) is 2.49. The van der Waals surface area contributed by atoms with Crippen molar-refractivity contribution in [3.63, 3.8) is 0 Å². The number of hydrazine groups is 1. The molecular weight excluding hydrogens is 333 g/mol. The minimum atomic E-state index is -0.792. The van der Waals surface area contributed by atoms with E-state index < -0.39 is 11.0 Å². The second-order valence-electron chi connectivity index (χ2n) is 4.02. The van der Waals surface area contributed by atoms with Crippen molar-refractivity contribution in [1.29, 1.82) is 0 Å². The van der Waals surface area contributed by atoms with Crippen molar-refractivity contribution in [3.05, 3.63) is 62.6 Å². The number of hydrogen-bond donors (Lipinski definition) is 2. The summed E-state index contributed by atoms with van der Waals surface area (Å²) < 4.78 is 4.93. The van der Waals surface area contributed by atoms with E-state index in [2.05, 4.69) is 10.9 Å².